The summed E-state index contributed by atoms with van der Waals surface area (Å²) < 4.78 is 13.9. The molecule has 0 rings (SSSR count). The molecule has 0 spiro atoms. The number of rotatable bonds is 3. The van der Waals surface area contributed by atoms with Gasteiger partial charge in [-0.15, -0.1) is 4.53 Å². The first kappa shape index (κ1) is 16.3. The van der Waals surface area contributed by atoms with Crippen molar-refractivity contribution in [2.24, 2.45) is 0 Å². The summed E-state index contributed by atoms with van der Waals surface area (Å²) in [6.07, 6.45) is -3.38. The van der Waals surface area contributed by atoms with Crippen LogP contribution in [0.3, 0.4) is 0 Å². The molecule has 0 fully saturated rings. The van der Waals surface area contributed by atoms with Crippen LogP contribution in [0.15, 0.2) is 0 Å². The fourth-order valence-electron chi connectivity index (χ4n) is 0.846. The summed E-state index contributed by atoms with van der Waals surface area (Å²) >= 11 is 5.52. The first-order chi connectivity index (χ1) is 8.49. The number of hydrogen-bond acceptors (Lipinski definition) is 6. The van der Waals surface area contributed by atoms with Gasteiger partial charge in [0, 0.05) is 11.8 Å². The highest BCUT2D eigenvalue weighted by Crippen LogP contribution is 2.10. The van der Waals surface area contributed by atoms with Crippen molar-refractivity contribution in [3.8, 4) is 0 Å². The molecule has 0 atom stereocenters. The van der Waals surface area contributed by atoms with Crippen LogP contribution in [0.1, 0.15) is 20.8 Å². The zero-order valence-corrected chi connectivity index (χ0v) is 11.1. The molecule has 0 aliphatic heterocycles. The van der Waals surface area contributed by atoms with E-state index in [4.69, 9.17) is 11.8 Å². The van der Waals surface area contributed by atoms with Crippen LogP contribution >= 0.6 is 11.8 Å². The van der Waals surface area contributed by atoms with Crippen molar-refractivity contribution < 1.29 is 28.6 Å². The van der Waals surface area contributed by atoms with Gasteiger partial charge in [-0.05, 0) is 20.8 Å². The average molecular weight is 283 g/mol. The molecule has 3 amide bonds. The number of halogens is 1. The zero-order chi connectivity index (χ0) is 14.1. The Balaban J connectivity index is 4.89. The summed E-state index contributed by atoms with van der Waals surface area (Å²) in [7, 11) is 0. The van der Waals surface area contributed by atoms with Crippen molar-refractivity contribution in [2.45, 2.75) is 20.8 Å². The number of carbonyl (C=O) groups is 3. The quantitative estimate of drug-likeness (QED) is 0.448. The molecule has 0 N–H and O–H groups in total. The predicted octanol–water partition coefficient (Wildman–Crippen LogP) is 2.13. The van der Waals surface area contributed by atoms with E-state index in [-0.39, 0.29) is 29.4 Å². The molecule has 0 saturated carbocycles. The first-order valence-electron chi connectivity index (χ1n) is 5.25. The summed E-state index contributed by atoms with van der Waals surface area (Å²) in [4.78, 5) is 34.3. The minimum atomic E-state index is -1.14. The maximum Gasteiger partial charge on any atom is 0.445 e. The van der Waals surface area contributed by atoms with Gasteiger partial charge in [0.05, 0.1) is 19.8 Å². The predicted molar refractivity (Wildman–Crippen MR) is 60.6 cm³/mol. The number of hydrogen-bond donors (Lipinski definition) is 0. The normalized spacial score (nSPS) is 9.33. The molecule has 18 heavy (non-hydrogen) atoms. The molecule has 0 heterocycles. The fourth-order valence-corrected chi connectivity index (χ4v) is 1.02. The molecule has 8 nitrogen and oxygen atoms in total. The molecule has 0 aromatic rings. The average Bonchev–Trinajstić information content (AvgIpc) is 2.30. The monoisotopic (exact) mass is 282 g/mol. The van der Waals surface area contributed by atoms with Crippen molar-refractivity contribution in [2.75, 3.05) is 19.8 Å². The number of nitrogens with zero attached hydrogens (tertiary/aromatic N) is 2. The van der Waals surface area contributed by atoms with Gasteiger partial charge in [0.1, 0.15) is 0 Å². The number of amides is 3. The second-order valence-corrected chi connectivity index (χ2v) is 2.99. The van der Waals surface area contributed by atoms with Crippen LogP contribution in [0.2, 0.25) is 0 Å². The number of carbonyl (C=O) groups excluding carboxylic acids is 3. The Morgan fingerprint density at radius 2 is 1.17 bits per heavy atom. The molecule has 0 bridgehead atoms. The van der Waals surface area contributed by atoms with E-state index in [1.807, 2.05) is 0 Å². The van der Waals surface area contributed by atoms with E-state index in [0.29, 0.717) is 0 Å². The minimum Gasteiger partial charge on any atom is -0.448 e. The van der Waals surface area contributed by atoms with Gasteiger partial charge < -0.3 is 14.2 Å². The first-order valence-corrected chi connectivity index (χ1v) is 5.59. The molecule has 0 aliphatic carbocycles. The second-order valence-electron chi connectivity index (χ2n) is 2.67. The van der Waals surface area contributed by atoms with Crippen LogP contribution in [0, 0.1) is 0 Å². The van der Waals surface area contributed by atoms with Crippen LogP contribution in [-0.4, -0.2) is 47.6 Å². The van der Waals surface area contributed by atoms with Gasteiger partial charge in [0.25, 0.3) is 0 Å². The summed E-state index contributed by atoms with van der Waals surface area (Å²) in [6, 6.07) is 0. The largest absolute Gasteiger partial charge is 0.448 e. The van der Waals surface area contributed by atoms with Gasteiger partial charge in [0.15, 0.2) is 0 Å². The molecule has 0 saturated heterocycles. The van der Waals surface area contributed by atoms with Gasteiger partial charge in [-0.1, -0.05) is 5.01 Å². The Labute approximate surface area is 109 Å². The van der Waals surface area contributed by atoms with E-state index < -0.39 is 18.3 Å². The van der Waals surface area contributed by atoms with Crippen LogP contribution < -0.4 is 0 Å². The van der Waals surface area contributed by atoms with E-state index in [9.17, 15) is 14.4 Å². The lowest BCUT2D eigenvalue weighted by Crippen LogP contribution is -2.48. The van der Waals surface area contributed by atoms with Crippen molar-refractivity contribution in [1.82, 2.24) is 9.54 Å². The SMILES string of the molecule is CCOC(=O)N(Cl)N(C(=O)OCC)C(=O)OCC. The Kier molecular flexibility index (Phi) is 7.61. The highest BCUT2D eigenvalue weighted by atomic mass is 35.5. The third-order valence-electron chi connectivity index (χ3n) is 1.48. The molecular weight excluding hydrogens is 268 g/mol. The zero-order valence-electron chi connectivity index (χ0n) is 10.3. The smallest absolute Gasteiger partial charge is 0.445 e. The molecule has 0 aliphatic rings. The fraction of sp³-hybridized carbons (Fsp3) is 0.667. The maximum absolute atomic E-state index is 11.5. The third-order valence-corrected chi connectivity index (χ3v) is 1.76. The van der Waals surface area contributed by atoms with E-state index in [1.54, 1.807) is 6.92 Å². The lowest BCUT2D eigenvalue weighted by Gasteiger charge is -2.24. The van der Waals surface area contributed by atoms with E-state index in [1.165, 1.54) is 13.8 Å². The molecule has 104 valence electrons. The summed E-state index contributed by atoms with van der Waals surface area (Å²) in [5, 5.41) is 0.201. The molecule has 0 aromatic heterocycles. The van der Waals surface area contributed by atoms with Gasteiger partial charge >= 0.3 is 18.3 Å². The third kappa shape index (κ3) is 4.66. The highest BCUT2D eigenvalue weighted by Gasteiger charge is 2.34. The Morgan fingerprint density at radius 3 is 1.50 bits per heavy atom. The van der Waals surface area contributed by atoms with E-state index in [0.717, 1.165) is 0 Å². The summed E-state index contributed by atoms with van der Waals surface area (Å²) in [5.74, 6) is 0. The lowest BCUT2D eigenvalue weighted by atomic mass is 10.8. The van der Waals surface area contributed by atoms with Crippen molar-refractivity contribution >= 4 is 30.1 Å². The van der Waals surface area contributed by atoms with Crippen molar-refractivity contribution in [3.05, 3.63) is 0 Å². The summed E-state index contributed by atoms with van der Waals surface area (Å²) in [5.41, 5.74) is 0. The standard InChI is InChI=1S/C9H15ClN2O6/c1-4-16-7(13)11(8(14)17-5-2)12(10)9(15)18-6-3/h4-6H2,1-3H3. The Morgan fingerprint density at radius 1 is 0.833 bits per heavy atom. The second kappa shape index (κ2) is 8.40. The Bertz CT molecular complexity index is 293. The molecule has 0 aromatic carbocycles. The number of hydrazine groups is 1. The van der Waals surface area contributed by atoms with E-state index >= 15 is 0 Å². The minimum absolute atomic E-state index is 0.00227. The van der Waals surface area contributed by atoms with Crippen LogP contribution in [0.25, 0.3) is 0 Å². The number of imide groups is 1. The molecule has 0 radical (unpaired) electrons. The summed E-state index contributed by atoms with van der Waals surface area (Å²) in [6.45, 7) is 4.64. The van der Waals surface area contributed by atoms with Crippen molar-refractivity contribution in [3.63, 3.8) is 0 Å². The van der Waals surface area contributed by atoms with Gasteiger partial charge in [-0.3, -0.25) is 0 Å². The molecule has 0 unspecified atom stereocenters. The van der Waals surface area contributed by atoms with Gasteiger partial charge in [0.2, 0.25) is 0 Å². The Hall–Kier alpha value is -1.70. The topological polar surface area (TPSA) is 85.4 Å². The van der Waals surface area contributed by atoms with Crippen LogP contribution in [0.5, 0.6) is 0 Å². The maximum atomic E-state index is 11.5. The lowest BCUT2D eigenvalue weighted by molar-refractivity contribution is 0.0190. The van der Waals surface area contributed by atoms with E-state index in [2.05, 4.69) is 14.2 Å². The number of ether oxygens (including phenoxy) is 3. The van der Waals surface area contributed by atoms with Gasteiger partial charge in [-0.2, -0.15) is 0 Å². The van der Waals surface area contributed by atoms with Crippen molar-refractivity contribution in [1.29, 1.82) is 0 Å². The van der Waals surface area contributed by atoms with Crippen LogP contribution in [-0.2, 0) is 14.2 Å². The molecule has 9 heteroatoms. The van der Waals surface area contributed by atoms with Gasteiger partial charge in [-0.25, -0.2) is 14.4 Å². The highest BCUT2D eigenvalue weighted by molar-refractivity contribution is 6.21. The van der Waals surface area contributed by atoms with Crippen LogP contribution in [0.4, 0.5) is 14.4 Å². The molecular formula is C9H15ClN2O6.